The van der Waals surface area contributed by atoms with Gasteiger partial charge in [-0.25, -0.2) is 13.4 Å². The van der Waals surface area contributed by atoms with Gasteiger partial charge in [-0.15, -0.1) is 0 Å². The third-order valence-electron chi connectivity index (χ3n) is 2.86. The van der Waals surface area contributed by atoms with Crippen molar-refractivity contribution in [1.82, 2.24) is 9.55 Å². The van der Waals surface area contributed by atoms with Crippen LogP contribution in [0, 0.1) is 6.92 Å². The molecule has 0 atom stereocenters. The highest BCUT2D eigenvalue weighted by Gasteiger charge is 2.12. The van der Waals surface area contributed by atoms with Gasteiger partial charge >= 0.3 is 0 Å². The van der Waals surface area contributed by atoms with Crippen LogP contribution in [0.5, 0.6) is 0 Å². The van der Waals surface area contributed by atoms with Crippen molar-refractivity contribution in [2.24, 2.45) is 7.05 Å². The molecular weight excluding hydrogens is 250 g/mol. The maximum absolute atomic E-state index is 11.4. The van der Waals surface area contributed by atoms with E-state index in [4.69, 9.17) is 5.73 Å². The van der Waals surface area contributed by atoms with E-state index in [-0.39, 0.29) is 0 Å². The van der Waals surface area contributed by atoms with E-state index in [9.17, 15) is 8.42 Å². The maximum atomic E-state index is 11.4. The zero-order valence-electron chi connectivity index (χ0n) is 10.5. The molecule has 0 saturated heterocycles. The predicted molar refractivity (Wildman–Crippen MR) is 70.9 cm³/mol. The van der Waals surface area contributed by atoms with E-state index < -0.39 is 9.84 Å². The van der Waals surface area contributed by atoms with Crippen molar-refractivity contribution >= 4 is 15.8 Å². The minimum atomic E-state index is -3.16. The number of aromatic nitrogens is 2. The smallest absolute Gasteiger partial charge is 0.200 e. The SMILES string of the molecule is Cc1nc(N)n(C)c1-c1ccc(S(C)(=O)=O)cc1. The monoisotopic (exact) mass is 265 g/mol. The van der Waals surface area contributed by atoms with E-state index in [1.54, 1.807) is 28.8 Å². The van der Waals surface area contributed by atoms with E-state index in [1.807, 2.05) is 14.0 Å². The van der Waals surface area contributed by atoms with Gasteiger partial charge in [-0.2, -0.15) is 0 Å². The molecule has 0 fully saturated rings. The zero-order chi connectivity index (χ0) is 13.5. The Hall–Kier alpha value is -1.82. The van der Waals surface area contributed by atoms with Gasteiger partial charge in [-0.3, -0.25) is 0 Å². The summed E-state index contributed by atoms with van der Waals surface area (Å²) in [5.74, 6) is 0.440. The van der Waals surface area contributed by atoms with Gasteiger partial charge in [0.1, 0.15) is 0 Å². The Morgan fingerprint density at radius 2 is 1.78 bits per heavy atom. The van der Waals surface area contributed by atoms with E-state index in [0.29, 0.717) is 10.8 Å². The molecule has 0 aliphatic heterocycles. The van der Waals surface area contributed by atoms with Crippen LogP contribution < -0.4 is 5.73 Å². The fraction of sp³-hybridized carbons (Fsp3) is 0.250. The Morgan fingerprint density at radius 1 is 1.22 bits per heavy atom. The number of hydrogen-bond donors (Lipinski definition) is 1. The van der Waals surface area contributed by atoms with Crippen LogP contribution in [0.4, 0.5) is 5.95 Å². The molecule has 5 nitrogen and oxygen atoms in total. The van der Waals surface area contributed by atoms with Gasteiger partial charge in [0, 0.05) is 18.9 Å². The van der Waals surface area contributed by atoms with Crippen LogP contribution in [0.2, 0.25) is 0 Å². The lowest BCUT2D eigenvalue weighted by Gasteiger charge is -2.06. The van der Waals surface area contributed by atoms with Crippen LogP contribution >= 0.6 is 0 Å². The number of anilines is 1. The molecule has 0 radical (unpaired) electrons. The third kappa shape index (κ3) is 2.11. The molecule has 0 amide bonds. The largest absolute Gasteiger partial charge is 0.369 e. The first-order valence-corrected chi connectivity index (χ1v) is 7.29. The van der Waals surface area contributed by atoms with Crippen molar-refractivity contribution < 1.29 is 8.42 Å². The van der Waals surface area contributed by atoms with Crippen LogP contribution in [0.15, 0.2) is 29.2 Å². The first-order chi connectivity index (χ1) is 8.30. The topological polar surface area (TPSA) is 78.0 Å². The minimum absolute atomic E-state index is 0.305. The summed E-state index contributed by atoms with van der Waals surface area (Å²) in [5, 5.41) is 0. The van der Waals surface area contributed by atoms with Crippen molar-refractivity contribution in [3.8, 4) is 11.3 Å². The quantitative estimate of drug-likeness (QED) is 0.889. The molecule has 0 aliphatic rings. The van der Waals surface area contributed by atoms with E-state index in [0.717, 1.165) is 17.0 Å². The van der Waals surface area contributed by atoms with E-state index in [2.05, 4.69) is 4.98 Å². The van der Waals surface area contributed by atoms with Gasteiger partial charge in [-0.1, -0.05) is 12.1 Å². The van der Waals surface area contributed by atoms with Crippen LogP contribution in [-0.2, 0) is 16.9 Å². The van der Waals surface area contributed by atoms with E-state index in [1.165, 1.54) is 6.26 Å². The van der Waals surface area contributed by atoms with Crippen molar-refractivity contribution in [3.63, 3.8) is 0 Å². The van der Waals surface area contributed by atoms with Crippen LogP contribution in [0.25, 0.3) is 11.3 Å². The first-order valence-electron chi connectivity index (χ1n) is 5.40. The average Bonchev–Trinajstić information content (AvgIpc) is 2.52. The van der Waals surface area contributed by atoms with Crippen molar-refractivity contribution in [2.75, 3.05) is 12.0 Å². The summed E-state index contributed by atoms with van der Waals surface area (Å²) in [4.78, 5) is 4.49. The summed E-state index contributed by atoms with van der Waals surface area (Å²) in [5.41, 5.74) is 8.35. The number of nitrogens with two attached hydrogens (primary N) is 1. The number of sulfone groups is 1. The average molecular weight is 265 g/mol. The zero-order valence-corrected chi connectivity index (χ0v) is 11.3. The van der Waals surface area contributed by atoms with Crippen LogP contribution in [-0.4, -0.2) is 24.2 Å². The molecule has 1 aromatic carbocycles. The predicted octanol–water partition coefficient (Wildman–Crippen LogP) is 1.38. The highest BCUT2D eigenvalue weighted by Crippen LogP contribution is 2.25. The lowest BCUT2D eigenvalue weighted by Crippen LogP contribution is -1.99. The molecule has 2 aromatic rings. The molecule has 2 N–H and O–H groups in total. The lowest BCUT2D eigenvalue weighted by atomic mass is 10.1. The second-order valence-electron chi connectivity index (χ2n) is 4.26. The normalized spacial score (nSPS) is 11.7. The molecule has 96 valence electrons. The van der Waals surface area contributed by atoms with Crippen LogP contribution in [0.1, 0.15) is 5.69 Å². The summed E-state index contributed by atoms with van der Waals surface area (Å²) in [6.07, 6.45) is 1.19. The lowest BCUT2D eigenvalue weighted by molar-refractivity contribution is 0.602. The molecule has 2 rings (SSSR count). The van der Waals surface area contributed by atoms with Gasteiger partial charge < -0.3 is 10.3 Å². The van der Waals surface area contributed by atoms with Gasteiger partial charge in [0.2, 0.25) is 5.95 Å². The Labute approximate surface area is 106 Å². The maximum Gasteiger partial charge on any atom is 0.200 e. The number of hydrogen-bond acceptors (Lipinski definition) is 4. The van der Waals surface area contributed by atoms with E-state index >= 15 is 0 Å². The minimum Gasteiger partial charge on any atom is -0.369 e. The summed E-state index contributed by atoms with van der Waals surface area (Å²) >= 11 is 0. The summed E-state index contributed by atoms with van der Waals surface area (Å²) in [7, 11) is -1.34. The fourth-order valence-electron chi connectivity index (χ4n) is 1.92. The second kappa shape index (κ2) is 4.13. The first kappa shape index (κ1) is 12.6. The molecule has 6 heteroatoms. The molecule has 1 heterocycles. The number of rotatable bonds is 2. The number of aryl methyl sites for hydroxylation is 1. The third-order valence-corrected chi connectivity index (χ3v) is 3.99. The molecule has 0 saturated carbocycles. The molecular formula is C12H15N3O2S. The number of nitrogens with zero attached hydrogens (tertiary/aromatic N) is 2. The standard InChI is InChI=1S/C12H15N3O2S/c1-8-11(15(2)12(13)14-8)9-4-6-10(7-5-9)18(3,16)17/h4-7H,1-3H3,(H2,13,14). The number of nitrogen functional groups attached to an aromatic ring is 1. The molecule has 0 aliphatic carbocycles. The van der Waals surface area contributed by atoms with Gasteiger partial charge in [0.05, 0.1) is 16.3 Å². The Bertz CT molecular complexity index is 685. The Morgan fingerprint density at radius 3 is 2.17 bits per heavy atom. The summed E-state index contributed by atoms with van der Waals surface area (Å²) in [6.45, 7) is 1.87. The fourth-order valence-corrected chi connectivity index (χ4v) is 2.55. The summed E-state index contributed by atoms with van der Waals surface area (Å²) < 4.78 is 24.5. The molecule has 1 aromatic heterocycles. The highest BCUT2D eigenvalue weighted by atomic mass is 32.2. The van der Waals surface area contributed by atoms with Crippen LogP contribution in [0.3, 0.4) is 0 Å². The molecule has 0 bridgehead atoms. The van der Waals surface area contributed by atoms with Gasteiger partial charge in [-0.05, 0) is 19.1 Å². The summed E-state index contributed by atoms with van der Waals surface area (Å²) in [6, 6.07) is 6.71. The molecule has 18 heavy (non-hydrogen) atoms. The number of benzene rings is 1. The Balaban J connectivity index is 2.53. The van der Waals surface area contributed by atoms with Gasteiger partial charge in [0.15, 0.2) is 9.84 Å². The van der Waals surface area contributed by atoms with Gasteiger partial charge in [0.25, 0.3) is 0 Å². The molecule has 0 spiro atoms. The van der Waals surface area contributed by atoms with Crippen molar-refractivity contribution in [3.05, 3.63) is 30.0 Å². The highest BCUT2D eigenvalue weighted by molar-refractivity contribution is 7.90. The molecule has 0 unspecified atom stereocenters. The second-order valence-corrected chi connectivity index (χ2v) is 6.28. The van der Waals surface area contributed by atoms with Crippen molar-refractivity contribution in [2.45, 2.75) is 11.8 Å². The Kier molecular flexibility index (Phi) is 2.90. The number of imidazole rings is 1. The van der Waals surface area contributed by atoms with Crippen molar-refractivity contribution in [1.29, 1.82) is 0 Å².